The molecule has 0 saturated heterocycles. The van der Waals surface area contributed by atoms with E-state index in [4.69, 9.17) is 11.5 Å². The topological polar surface area (TPSA) is 359 Å². The zero-order valence-electron chi connectivity index (χ0n) is 44.9. The Morgan fingerprint density at radius 3 is 1.24 bits per heavy atom. The van der Waals surface area contributed by atoms with Gasteiger partial charge >= 0.3 is 5.97 Å². The lowest BCUT2D eigenvalue weighted by Crippen LogP contribution is -2.62. The van der Waals surface area contributed by atoms with Gasteiger partial charge in [0.1, 0.15) is 54.4 Å². The quantitative estimate of drug-likeness (QED) is 0.0467. The third-order valence-electron chi connectivity index (χ3n) is 12.7. The fourth-order valence-electron chi connectivity index (χ4n) is 7.80. The first-order valence-electron chi connectivity index (χ1n) is 25.6. The van der Waals surface area contributed by atoms with Gasteiger partial charge in [0.25, 0.3) is 0 Å². The minimum absolute atomic E-state index is 0.0406. The summed E-state index contributed by atoms with van der Waals surface area (Å²) < 4.78 is 0. The van der Waals surface area contributed by atoms with E-state index in [0.717, 1.165) is 0 Å². The van der Waals surface area contributed by atoms with Crippen molar-refractivity contribution in [2.45, 2.75) is 175 Å². The second-order valence-electron chi connectivity index (χ2n) is 20.2. The molecule has 0 spiro atoms. The van der Waals surface area contributed by atoms with Crippen LogP contribution < -0.4 is 54.0 Å². The van der Waals surface area contributed by atoms with Gasteiger partial charge in [-0.25, -0.2) is 4.79 Å². The van der Waals surface area contributed by atoms with Crippen LogP contribution in [0.4, 0.5) is 0 Å². The number of carboxylic acid groups (broad SMARTS) is 1. The van der Waals surface area contributed by atoms with Gasteiger partial charge in [0.2, 0.25) is 53.2 Å². The molecule has 0 aliphatic carbocycles. The number of aliphatic hydroxyl groups excluding tert-OH is 1. The van der Waals surface area contributed by atoms with Gasteiger partial charge < -0.3 is 64.2 Å². The molecule has 0 heterocycles. The molecule has 14 N–H and O–H groups in total. The highest BCUT2D eigenvalue weighted by Crippen LogP contribution is 2.15. The van der Waals surface area contributed by atoms with Crippen LogP contribution in [0.5, 0.6) is 0 Å². The lowest BCUT2D eigenvalue weighted by molar-refractivity contribution is -0.144. The number of nitrogens with one attached hydrogen (secondary N) is 8. The Balaban J connectivity index is 2.46. The molecule has 416 valence electrons. The van der Waals surface area contributed by atoms with Gasteiger partial charge in [-0.15, -0.1) is 0 Å². The number of benzene rings is 2. The molecule has 0 aromatic heterocycles. The smallest absolute Gasteiger partial charge is 0.326 e. The molecular formula is C53H82N10O12. The summed E-state index contributed by atoms with van der Waals surface area (Å²) >= 11 is 0. The van der Waals surface area contributed by atoms with Crippen molar-refractivity contribution < 1.29 is 58.2 Å². The van der Waals surface area contributed by atoms with E-state index in [9.17, 15) is 58.2 Å². The van der Waals surface area contributed by atoms with Gasteiger partial charge in [-0.2, -0.15) is 0 Å². The normalized spacial score (nSPS) is 16.1. The van der Waals surface area contributed by atoms with Crippen LogP contribution in [0.2, 0.25) is 0 Å². The summed E-state index contributed by atoms with van der Waals surface area (Å²) in [7, 11) is 0. The Bertz CT molecular complexity index is 2230. The van der Waals surface area contributed by atoms with E-state index in [1.807, 2.05) is 27.7 Å². The first-order chi connectivity index (χ1) is 35.2. The largest absolute Gasteiger partial charge is 0.480 e. The summed E-state index contributed by atoms with van der Waals surface area (Å²) in [6.45, 7) is 16.8. The number of carbonyl (C=O) groups is 10. The van der Waals surface area contributed by atoms with Gasteiger partial charge in [0, 0.05) is 12.8 Å². The zero-order valence-corrected chi connectivity index (χ0v) is 44.9. The molecule has 2 rings (SSSR count). The molecule has 0 unspecified atom stereocenters. The van der Waals surface area contributed by atoms with Crippen molar-refractivity contribution in [3.63, 3.8) is 0 Å². The summed E-state index contributed by atoms with van der Waals surface area (Å²) in [4.78, 5) is 135. The molecule has 0 bridgehead atoms. The van der Waals surface area contributed by atoms with Crippen LogP contribution in [0.15, 0.2) is 60.7 Å². The molecule has 22 heteroatoms. The van der Waals surface area contributed by atoms with Crippen LogP contribution in [0.1, 0.15) is 112 Å². The van der Waals surface area contributed by atoms with Crippen molar-refractivity contribution in [3.8, 4) is 0 Å². The number of rotatable bonds is 32. The second kappa shape index (κ2) is 31.7. The van der Waals surface area contributed by atoms with Gasteiger partial charge in [-0.3, -0.25) is 43.2 Å². The Kier molecular flexibility index (Phi) is 27.1. The predicted molar refractivity (Wildman–Crippen MR) is 280 cm³/mol. The maximum Gasteiger partial charge on any atom is 0.326 e. The van der Waals surface area contributed by atoms with Crippen molar-refractivity contribution in [1.29, 1.82) is 0 Å². The Hall–Kier alpha value is -6.94. The molecule has 0 fully saturated rings. The molecule has 22 nitrogen and oxygen atoms in total. The Morgan fingerprint density at radius 2 is 0.827 bits per heavy atom. The van der Waals surface area contributed by atoms with E-state index >= 15 is 0 Å². The van der Waals surface area contributed by atoms with Gasteiger partial charge in [0.15, 0.2) is 0 Å². The van der Waals surface area contributed by atoms with Crippen molar-refractivity contribution in [2.24, 2.45) is 35.1 Å². The molecular weight excluding hydrogens is 969 g/mol. The number of carbonyl (C=O) groups excluding carboxylic acids is 9. The van der Waals surface area contributed by atoms with E-state index < -0.39 is 138 Å². The number of aliphatic hydroxyl groups is 1. The highest BCUT2D eigenvalue weighted by molar-refractivity contribution is 5.99. The molecule has 0 aliphatic heterocycles. The molecule has 9 amide bonds. The summed E-state index contributed by atoms with van der Waals surface area (Å²) in [6, 6.07) is 5.39. The van der Waals surface area contributed by atoms with Crippen LogP contribution in [0.3, 0.4) is 0 Å². The molecule has 2 aromatic carbocycles. The highest BCUT2D eigenvalue weighted by atomic mass is 16.4. The minimum Gasteiger partial charge on any atom is -0.480 e. The summed E-state index contributed by atoms with van der Waals surface area (Å²) in [5.41, 5.74) is 12.5. The van der Waals surface area contributed by atoms with Crippen LogP contribution in [0, 0.1) is 23.7 Å². The first kappa shape index (κ1) is 64.2. The number of nitrogens with two attached hydrogens (primary N) is 2. The average molecular weight is 1050 g/mol. The minimum atomic E-state index is -1.62. The molecule has 0 aliphatic rings. The van der Waals surface area contributed by atoms with Crippen LogP contribution in [-0.4, -0.2) is 130 Å². The van der Waals surface area contributed by atoms with Crippen molar-refractivity contribution in [1.82, 2.24) is 42.5 Å². The van der Waals surface area contributed by atoms with Crippen LogP contribution >= 0.6 is 0 Å². The van der Waals surface area contributed by atoms with Crippen molar-refractivity contribution in [3.05, 3.63) is 71.8 Å². The molecule has 75 heavy (non-hydrogen) atoms. The standard InChI is InChI=1S/C53H82N10O12/c1-11-30(7)43(52(73)61-39(26-35-21-17-14-18-22-35)48(69)59-40(27-41(54)65)50(71)63-44(53(74)75)31(8)12-2)62-49(70)37(24-29(5)6)58-47(68)38(25-34-19-15-13-16-20-34)57-45(66)32(9)56-46(67)36(23-28(3)4)60-51(72)42(55)33(10)64/h13-22,28-33,36-40,42-44,64H,11-12,23-27,55H2,1-10H3,(H2,54,65)(H,56,67)(H,57,66)(H,58,68)(H,59,69)(H,60,72)(H,61,73)(H,62,70)(H,63,71)(H,74,75)/t30-,31-,32-,33+,36-,37-,38-,39-,40-,42-,43-,44-/m0/s1. The van der Waals surface area contributed by atoms with Crippen LogP contribution in [-0.2, 0) is 60.8 Å². The monoisotopic (exact) mass is 1050 g/mol. The van der Waals surface area contributed by atoms with Crippen LogP contribution in [0.25, 0.3) is 0 Å². The fourth-order valence-corrected chi connectivity index (χ4v) is 7.80. The van der Waals surface area contributed by atoms with E-state index in [2.05, 4.69) is 42.5 Å². The number of primary amides is 1. The number of aliphatic carboxylic acids is 1. The maximum absolute atomic E-state index is 14.4. The number of hydrogen-bond donors (Lipinski definition) is 12. The van der Waals surface area contributed by atoms with Gasteiger partial charge in [-0.1, -0.05) is 129 Å². The van der Waals surface area contributed by atoms with E-state index in [1.54, 1.807) is 88.4 Å². The molecule has 2 aromatic rings. The highest BCUT2D eigenvalue weighted by Gasteiger charge is 2.37. The average Bonchev–Trinajstić information content (AvgIpc) is 3.35. The lowest BCUT2D eigenvalue weighted by Gasteiger charge is -2.30. The third kappa shape index (κ3) is 22.2. The third-order valence-corrected chi connectivity index (χ3v) is 12.7. The van der Waals surface area contributed by atoms with Gasteiger partial charge in [-0.05, 0) is 61.5 Å². The van der Waals surface area contributed by atoms with E-state index in [-0.39, 0.29) is 37.5 Å². The molecule has 0 saturated carbocycles. The Morgan fingerprint density at radius 1 is 0.467 bits per heavy atom. The summed E-state index contributed by atoms with van der Waals surface area (Å²) in [5, 5.41) is 40.6. The van der Waals surface area contributed by atoms with E-state index in [0.29, 0.717) is 24.0 Å². The zero-order chi connectivity index (χ0) is 56.7. The predicted octanol–water partition coefficient (Wildman–Crippen LogP) is 0.223. The fraction of sp³-hybridized carbons (Fsp3) is 0.585. The van der Waals surface area contributed by atoms with Gasteiger partial charge in [0.05, 0.1) is 12.5 Å². The lowest BCUT2D eigenvalue weighted by atomic mass is 9.95. The number of hydrogen-bond acceptors (Lipinski definition) is 12. The first-order valence-corrected chi connectivity index (χ1v) is 25.6. The maximum atomic E-state index is 14.4. The summed E-state index contributed by atoms with van der Waals surface area (Å²) in [6.07, 6.45) is -1.05. The van der Waals surface area contributed by atoms with Crippen molar-refractivity contribution in [2.75, 3.05) is 0 Å². The number of carboxylic acids is 1. The van der Waals surface area contributed by atoms with Crippen molar-refractivity contribution >= 4 is 59.1 Å². The summed E-state index contributed by atoms with van der Waals surface area (Å²) in [5.74, 6) is -10.1. The molecule has 12 atom stereocenters. The number of amides is 9. The van der Waals surface area contributed by atoms with E-state index in [1.165, 1.54) is 13.8 Å². The SMILES string of the molecule is CC[C@H](C)[C@H](NC(=O)[C@H](CC(N)=O)NC(=O)[C@H](Cc1ccccc1)NC(=O)[C@@H](NC(=O)[C@H](CC(C)C)NC(=O)[C@H](Cc1ccccc1)NC(=O)[C@H](C)NC(=O)[C@H](CC(C)C)NC(=O)[C@@H](N)[C@@H](C)O)[C@@H](C)CC)C(=O)O. The molecule has 0 radical (unpaired) electrons. The second-order valence-corrected chi connectivity index (χ2v) is 20.2. The Labute approximate surface area is 440 Å².